The van der Waals surface area contributed by atoms with E-state index in [0.717, 1.165) is 12.8 Å². The first kappa shape index (κ1) is 24.9. The summed E-state index contributed by atoms with van der Waals surface area (Å²) >= 11 is 3.48. The molecule has 9 nitrogen and oxygen atoms in total. The number of carbonyl (C=O) groups is 3. The molecule has 0 radical (unpaired) electrons. The molecular formula is C21H32BrN3O6Si. The van der Waals surface area contributed by atoms with Crippen molar-refractivity contribution in [1.82, 2.24) is 14.5 Å². The molecule has 3 rings (SSSR count). The number of hydrogen-bond acceptors (Lipinski definition) is 7. The smallest absolute Gasteiger partial charge is 0.409 e. The first-order valence-electron chi connectivity index (χ1n) is 10.9. The van der Waals surface area contributed by atoms with E-state index in [2.05, 4.69) is 20.9 Å². The van der Waals surface area contributed by atoms with Gasteiger partial charge in [-0.1, -0.05) is 6.92 Å². The zero-order valence-corrected chi connectivity index (χ0v) is 22.1. The molecule has 3 heterocycles. The van der Waals surface area contributed by atoms with Crippen LogP contribution in [0.4, 0.5) is 4.79 Å². The summed E-state index contributed by atoms with van der Waals surface area (Å²) in [6.07, 6.45) is 1.65. The minimum atomic E-state index is -1.95. The van der Waals surface area contributed by atoms with Gasteiger partial charge in [-0.25, -0.2) is 14.6 Å². The zero-order valence-electron chi connectivity index (χ0n) is 19.4. The Bertz CT molecular complexity index is 878. The van der Waals surface area contributed by atoms with E-state index in [4.69, 9.17) is 14.2 Å². The van der Waals surface area contributed by atoms with Gasteiger partial charge < -0.3 is 28.5 Å². The van der Waals surface area contributed by atoms with E-state index in [1.807, 2.05) is 27.7 Å². The summed E-state index contributed by atoms with van der Waals surface area (Å²) in [6.45, 7) is 9.42. The molecule has 0 aliphatic carbocycles. The quantitative estimate of drug-likeness (QED) is 0.426. The van der Waals surface area contributed by atoms with Crippen molar-refractivity contribution >= 4 is 42.2 Å². The number of amides is 1. The minimum Gasteiger partial charge on any atom is -0.464 e. The van der Waals surface area contributed by atoms with Crippen molar-refractivity contribution in [2.45, 2.75) is 64.1 Å². The molecule has 0 spiro atoms. The SMILES string of the molecule is COC(=O)c1nc(C2CCOCC2)n(CC(=O)[Si@@H]2CN(C(=O)OC(C)(C)C)C[C@H]2C)c1Br. The predicted molar refractivity (Wildman–Crippen MR) is 123 cm³/mol. The van der Waals surface area contributed by atoms with E-state index >= 15 is 0 Å². The van der Waals surface area contributed by atoms with Crippen LogP contribution >= 0.6 is 15.9 Å². The second kappa shape index (κ2) is 10.0. The lowest BCUT2D eigenvalue weighted by molar-refractivity contribution is -0.113. The van der Waals surface area contributed by atoms with Crippen LogP contribution in [0.1, 0.15) is 62.8 Å². The summed E-state index contributed by atoms with van der Waals surface area (Å²) in [5.41, 5.74) is -0.253. The van der Waals surface area contributed by atoms with E-state index in [-0.39, 0.29) is 35.2 Å². The molecule has 1 aromatic rings. The number of esters is 1. The van der Waals surface area contributed by atoms with E-state index in [0.29, 0.717) is 36.4 Å². The molecule has 178 valence electrons. The van der Waals surface area contributed by atoms with Crippen molar-refractivity contribution in [3.63, 3.8) is 0 Å². The summed E-state index contributed by atoms with van der Waals surface area (Å²) < 4.78 is 18.1. The highest BCUT2D eigenvalue weighted by Gasteiger charge is 2.40. The van der Waals surface area contributed by atoms with Crippen molar-refractivity contribution in [3.05, 3.63) is 16.1 Å². The van der Waals surface area contributed by atoms with Crippen LogP contribution in [0.2, 0.25) is 5.54 Å². The summed E-state index contributed by atoms with van der Waals surface area (Å²) in [7, 11) is -0.640. The lowest BCUT2D eigenvalue weighted by Gasteiger charge is -2.24. The first-order chi connectivity index (χ1) is 15.0. The van der Waals surface area contributed by atoms with Crippen LogP contribution < -0.4 is 0 Å². The Morgan fingerprint density at radius 3 is 2.50 bits per heavy atom. The Labute approximate surface area is 198 Å². The molecule has 32 heavy (non-hydrogen) atoms. The molecule has 0 saturated carbocycles. The first-order valence-corrected chi connectivity index (χ1v) is 13.8. The fourth-order valence-electron chi connectivity index (χ4n) is 4.23. The molecule has 0 bridgehead atoms. The highest BCUT2D eigenvalue weighted by molar-refractivity contribution is 9.10. The minimum absolute atomic E-state index is 0.104. The van der Waals surface area contributed by atoms with Crippen molar-refractivity contribution in [1.29, 1.82) is 0 Å². The van der Waals surface area contributed by atoms with Crippen LogP contribution in [-0.4, -0.2) is 79.4 Å². The summed E-state index contributed by atoms with van der Waals surface area (Å²) in [5, 5.41) is 0.131. The van der Waals surface area contributed by atoms with Gasteiger partial charge in [0.1, 0.15) is 30.2 Å². The normalized spacial score (nSPS) is 22.1. The average Bonchev–Trinajstić information content (AvgIpc) is 3.28. The van der Waals surface area contributed by atoms with Crippen LogP contribution in [-0.2, 0) is 25.5 Å². The monoisotopic (exact) mass is 529 g/mol. The van der Waals surface area contributed by atoms with Crippen LogP contribution in [0.5, 0.6) is 0 Å². The highest BCUT2D eigenvalue weighted by Crippen LogP contribution is 2.32. The lowest BCUT2D eigenvalue weighted by Crippen LogP contribution is -2.39. The number of imidazole rings is 1. The van der Waals surface area contributed by atoms with Crippen LogP contribution in [0, 0.1) is 0 Å². The molecule has 0 N–H and O–H groups in total. The van der Waals surface area contributed by atoms with Crippen molar-refractivity contribution in [2.75, 3.05) is 33.0 Å². The molecule has 2 saturated heterocycles. The Hall–Kier alpha value is -1.72. The average molecular weight is 530 g/mol. The lowest BCUT2D eigenvalue weighted by atomic mass is 9.99. The molecule has 0 aromatic carbocycles. The van der Waals surface area contributed by atoms with Crippen molar-refractivity contribution in [2.24, 2.45) is 0 Å². The molecule has 1 aromatic heterocycles. The maximum atomic E-state index is 13.4. The third kappa shape index (κ3) is 5.60. The number of aromatic nitrogens is 2. The maximum absolute atomic E-state index is 13.4. The zero-order chi connectivity index (χ0) is 23.6. The standard InChI is InChI=1S/C21H32BrN3O6Si/c1-13-10-24(20(28)31-21(2,3)4)12-32(13)15(26)11-25-17(22)16(19(27)29-5)23-18(25)14-6-8-30-9-7-14/h13-14,32H,6-12H2,1-5H3/t13-,32-/m1/s1. The fraction of sp³-hybridized carbons (Fsp3) is 0.714. The van der Waals surface area contributed by atoms with E-state index in [1.165, 1.54) is 7.11 Å². The summed E-state index contributed by atoms with van der Waals surface area (Å²) in [6, 6.07) is 0. The van der Waals surface area contributed by atoms with Gasteiger partial charge in [0.25, 0.3) is 0 Å². The predicted octanol–water partition coefficient (Wildman–Crippen LogP) is 2.84. The largest absolute Gasteiger partial charge is 0.464 e. The van der Waals surface area contributed by atoms with Gasteiger partial charge >= 0.3 is 12.1 Å². The maximum Gasteiger partial charge on any atom is 0.409 e. The Balaban J connectivity index is 1.80. The van der Waals surface area contributed by atoms with Gasteiger partial charge in [0.05, 0.1) is 13.7 Å². The Morgan fingerprint density at radius 1 is 1.25 bits per heavy atom. The molecule has 2 aliphatic heterocycles. The molecule has 11 heteroatoms. The fourth-order valence-corrected chi connectivity index (χ4v) is 7.68. The van der Waals surface area contributed by atoms with Gasteiger partial charge in [-0.3, -0.25) is 0 Å². The summed E-state index contributed by atoms with van der Waals surface area (Å²) in [5.74, 6) is 0.267. The molecule has 2 atom stereocenters. The van der Waals surface area contributed by atoms with Crippen LogP contribution in [0.15, 0.2) is 4.60 Å². The number of nitrogens with zero attached hydrogens (tertiary/aromatic N) is 3. The number of hydrogen-bond donors (Lipinski definition) is 0. The van der Waals surface area contributed by atoms with Crippen LogP contribution in [0.25, 0.3) is 0 Å². The van der Waals surface area contributed by atoms with Gasteiger partial charge in [0, 0.05) is 31.8 Å². The van der Waals surface area contributed by atoms with Gasteiger partial charge in [0.2, 0.25) is 0 Å². The van der Waals surface area contributed by atoms with Gasteiger partial charge in [-0.2, -0.15) is 0 Å². The second-order valence-electron chi connectivity index (χ2n) is 9.51. The molecular weight excluding hydrogens is 498 g/mol. The topological polar surface area (TPSA) is 100.0 Å². The molecule has 2 aliphatic rings. The second-order valence-corrected chi connectivity index (χ2v) is 13.6. The summed E-state index contributed by atoms with van der Waals surface area (Å²) in [4.78, 5) is 44.3. The number of ether oxygens (including phenoxy) is 3. The van der Waals surface area contributed by atoms with Crippen molar-refractivity contribution in [3.8, 4) is 0 Å². The molecule has 2 fully saturated rings. The third-order valence-electron chi connectivity index (χ3n) is 5.89. The number of carbonyl (C=O) groups excluding carboxylic acids is 3. The number of rotatable bonds is 5. The number of halogens is 1. The Kier molecular flexibility index (Phi) is 7.82. The highest BCUT2D eigenvalue weighted by atomic mass is 79.9. The van der Waals surface area contributed by atoms with E-state index in [9.17, 15) is 14.4 Å². The van der Waals surface area contributed by atoms with Gasteiger partial charge in [0.15, 0.2) is 5.69 Å². The van der Waals surface area contributed by atoms with Gasteiger partial charge in [-0.15, -0.1) is 0 Å². The Morgan fingerprint density at radius 2 is 1.91 bits per heavy atom. The van der Waals surface area contributed by atoms with E-state index < -0.39 is 20.4 Å². The third-order valence-corrected chi connectivity index (χ3v) is 10.1. The van der Waals surface area contributed by atoms with Gasteiger partial charge in [-0.05, 0) is 55.1 Å². The van der Waals surface area contributed by atoms with E-state index in [1.54, 1.807) is 9.47 Å². The van der Waals surface area contributed by atoms with Crippen molar-refractivity contribution < 1.29 is 28.6 Å². The number of methoxy groups -OCH3 is 1. The van der Waals surface area contributed by atoms with Crippen LogP contribution in [0.3, 0.4) is 0 Å². The molecule has 1 amide bonds. The molecule has 0 unspecified atom stereocenters.